The van der Waals surface area contributed by atoms with Crippen LogP contribution in [0.25, 0.3) is 0 Å². The largest absolute Gasteiger partial charge is 0.388 e. The second-order valence-corrected chi connectivity index (χ2v) is 11.9. The number of fused-ring (bicyclic) bond motifs is 4. The minimum absolute atomic E-state index is 0.0326. The Bertz CT molecular complexity index is 1070. The van der Waals surface area contributed by atoms with Gasteiger partial charge in [0.05, 0.1) is 17.4 Å². The normalized spacial score (nSPS) is 32.9. The van der Waals surface area contributed by atoms with Crippen LogP contribution in [0.15, 0.2) is 24.3 Å². The summed E-state index contributed by atoms with van der Waals surface area (Å²) in [6, 6.07) is 6.83. The molecule has 0 bridgehead atoms. The average Bonchev–Trinajstić information content (AvgIpc) is 3.48. The van der Waals surface area contributed by atoms with Gasteiger partial charge in [-0.2, -0.15) is 0 Å². The molecule has 2 heterocycles. The van der Waals surface area contributed by atoms with Crippen LogP contribution in [-0.2, 0) is 16.8 Å². The van der Waals surface area contributed by atoms with E-state index in [1.165, 1.54) is 42.5 Å². The summed E-state index contributed by atoms with van der Waals surface area (Å²) in [5, 5.41) is 11.5. The van der Waals surface area contributed by atoms with Gasteiger partial charge in [0.25, 0.3) is 0 Å². The SMILES string of the molecule is CC1CCCC12OC(c1ccc(F)cc1)c1c(C3CCCC3)nc3c(c12)C(O)CC(C)(C)C3. The molecule has 2 saturated carbocycles. The molecule has 2 aromatic rings. The third kappa shape index (κ3) is 3.31. The first kappa shape index (κ1) is 21.7. The van der Waals surface area contributed by atoms with Gasteiger partial charge in [-0.15, -0.1) is 0 Å². The van der Waals surface area contributed by atoms with Gasteiger partial charge in [-0.05, 0) is 79.5 Å². The highest BCUT2D eigenvalue weighted by Gasteiger charge is 2.56. The molecule has 4 unspecified atom stereocenters. The highest BCUT2D eigenvalue weighted by Crippen LogP contribution is 2.61. The molecule has 1 spiro atoms. The van der Waals surface area contributed by atoms with E-state index in [1.807, 2.05) is 12.1 Å². The summed E-state index contributed by atoms with van der Waals surface area (Å²) in [7, 11) is 0. The molecule has 4 aliphatic rings. The van der Waals surface area contributed by atoms with Crippen LogP contribution in [0.3, 0.4) is 0 Å². The van der Waals surface area contributed by atoms with E-state index in [0.717, 1.165) is 48.9 Å². The monoisotopic (exact) mass is 449 g/mol. The zero-order chi connectivity index (χ0) is 23.0. The van der Waals surface area contributed by atoms with Crippen molar-refractivity contribution < 1.29 is 14.2 Å². The van der Waals surface area contributed by atoms with Crippen LogP contribution in [-0.4, -0.2) is 10.1 Å². The summed E-state index contributed by atoms with van der Waals surface area (Å²) in [6.07, 6.45) is 8.98. The molecule has 0 saturated heterocycles. The summed E-state index contributed by atoms with van der Waals surface area (Å²) < 4.78 is 20.9. The van der Waals surface area contributed by atoms with E-state index in [-0.39, 0.29) is 22.9 Å². The third-order valence-corrected chi connectivity index (χ3v) is 9.02. The number of aliphatic hydroxyl groups is 1. The number of nitrogens with zero attached hydrogens (tertiary/aromatic N) is 1. The third-order valence-electron chi connectivity index (χ3n) is 9.02. The lowest BCUT2D eigenvalue weighted by atomic mass is 9.69. The van der Waals surface area contributed by atoms with E-state index in [4.69, 9.17) is 9.72 Å². The fourth-order valence-electron chi connectivity index (χ4n) is 7.46. The van der Waals surface area contributed by atoms with Crippen molar-refractivity contribution in [3.8, 4) is 0 Å². The number of aromatic nitrogens is 1. The van der Waals surface area contributed by atoms with E-state index in [9.17, 15) is 9.50 Å². The fourth-order valence-corrected chi connectivity index (χ4v) is 7.46. The molecule has 4 heteroatoms. The van der Waals surface area contributed by atoms with Crippen LogP contribution >= 0.6 is 0 Å². The molecule has 3 nitrogen and oxygen atoms in total. The minimum atomic E-state index is -0.511. The number of hydrogen-bond acceptors (Lipinski definition) is 3. The average molecular weight is 450 g/mol. The van der Waals surface area contributed by atoms with E-state index < -0.39 is 6.10 Å². The van der Waals surface area contributed by atoms with Gasteiger partial charge < -0.3 is 9.84 Å². The number of pyridine rings is 1. The van der Waals surface area contributed by atoms with Crippen LogP contribution < -0.4 is 0 Å². The van der Waals surface area contributed by atoms with Gasteiger partial charge in [-0.3, -0.25) is 4.98 Å². The van der Waals surface area contributed by atoms with Crippen LogP contribution in [0.2, 0.25) is 0 Å². The van der Waals surface area contributed by atoms with E-state index in [0.29, 0.717) is 11.8 Å². The first-order valence-electron chi connectivity index (χ1n) is 13.0. The zero-order valence-electron chi connectivity index (χ0n) is 20.2. The summed E-state index contributed by atoms with van der Waals surface area (Å²) in [5.74, 6) is 0.606. The lowest BCUT2D eigenvalue weighted by molar-refractivity contribution is -0.0842. The zero-order valence-corrected chi connectivity index (χ0v) is 20.2. The first-order chi connectivity index (χ1) is 15.8. The van der Waals surface area contributed by atoms with Crippen LogP contribution in [0.5, 0.6) is 0 Å². The Morgan fingerprint density at radius 3 is 2.42 bits per heavy atom. The maximum absolute atomic E-state index is 13.8. The predicted octanol–water partition coefficient (Wildman–Crippen LogP) is 7.02. The predicted molar refractivity (Wildman–Crippen MR) is 127 cm³/mol. The fraction of sp³-hybridized carbons (Fsp3) is 0.621. The summed E-state index contributed by atoms with van der Waals surface area (Å²) in [6.45, 7) is 6.80. The summed E-state index contributed by atoms with van der Waals surface area (Å²) in [4.78, 5) is 5.37. The number of hydrogen-bond donors (Lipinski definition) is 1. The molecule has 4 atom stereocenters. The Balaban J connectivity index is 1.64. The summed E-state index contributed by atoms with van der Waals surface area (Å²) >= 11 is 0. The van der Waals surface area contributed by atoms with Crippen molar-refractivity contribution >= 4 is 0 Å². The lowest BCUT2D eigenvalue weighted by Gasteiger charge is -2.39. The second kappa shape index (κ2) is 7.61. The number of benzene rings is 1. The minimum Gasteiger partial charge on any atom is -0.388 e. The smallest absolute Gasteiger partial charge is 0.123 e. The molecule has 1 aromatic heterocycles. The summed E-state index contributed by atoms with van der Waals surface area (Å²) in [5.41, 5.74) is 6.49. The highest BCUT2D eigenvalue weighted by molar-refractivity contribution is 5.55. The Labute approximate surface area is 196 Å². The van der Waals surface area contributed by atoms with Gasteiger partial charge in [0.15, 0.2) is 0 Å². The molecular formula is C29H36FNO2. The standard InChI is InChI=1S/C29H36FNO2/c1-17-7-6-14-29(17)25-23-21(15-28(2,3)16-22(23)32)31-26(18-8-4-5-9-18)24(25)27(33-29)19-10-12-20(30)13-11-19/h10-13,17-18,22,27,32H,4-9,14-16H2,1-3H3. The Morgan fingerprint density at radius 2 is 1.76 bits per heavy atom. The molecule has 0 radical (unpaired) electrons. The van der Waals surface area contributed by atoms with Crippen molar-refractivity contribution in [2.75, 3.05) is 0 Å². The van der Waals surface area contributed by atoms with Crippen LogP contribution in [0, 0.1) is 17.2 Å². The Kier molecular flexibility index (Phi) is 5.01. The molecule has 176 valence electrons. The van der Waals surface area contributed by atoms with Crippen molar-refractivity contribution in [1.29, 1.82) is 0 Å². The maximum Gasteiger partial charge on any atom is 0.123 e. The van der Waals surface area contributed by atoms with Crippen LogP contribution in [0.1, 0.15) is 124 Å². The van der Waals surface area contributed by atoms with Gasteiger partial charge in [0.2, 0.25) is 0 Å². The number of halogens is 1. The Hall–Kier alpha value is -1.78. The lowest BCUT2D eigenvalue weighted by Crippen LogP contribution is -2.34. The van der Waals surface area contributed by atoms with Gasteiger partial charge in [-0.1, -0.05) is 45.7 Å². The molecule has 1 aliphatic heterocycles. The first-order valence-corrected chi connectivity index (χ1v) is 13.0. The highest BCUT2D eigenvalue weighted by atomic mass is 19.1. The van der Waals surface area contributed by atoms with Gasteiger partial charge in [0, 0.05) is 22.7 Å². The second-order valence-electron chi connectivity index (χ2n) is 11.9. The molecule has 3 aliphatic carbocycles. The van der Waals surface area contributed by atoms with Gasteiger partial charge >= 0.3 is 0 Å². The van der Waals surface area contributed by atoms with Crippen molar-refractivity contribution in [1.82, 2.24) is 4.98 Å². The van der Waals surface area contributed by atoms with Gasteiger partial charge in [-0.25, -0.2) is 4.39 Å². The van der Waals surface area contributed by atoms with Crippen LogP contribution in [0.4, 0.5) is 4.39 Å². The molecule has 2 fully saturated rings. The molecule has 6 rings (SSSR count). The topological polar surface area (TPSA) is 42.4 Å². The van der Waals surface area contributed by atoms with E-state index in [2.05, 4.69) is 20.8 Å². The molecule has 0 amide bonds. The number of ether oxygens (including phenoxy) is 1. The van der Waals surface area contributed by atoms with Crippen molar-refractivity contribution in [2.45, 2.75) is 102 Å². The molecule has 33 heavy (non-hydrogen) atoms. The molecule has 1 N–H and O–H groups in total. The quantitative estimate of drug-likeness (QED) is 0.536. The molecular weight excluding hydrogens is 413 g/mol. The molecule has 1 aromatic carbocycles. The van der Waals surface area contributed by atoms with Crippen molar-refractivity contribution in [3.05, 3.63) is 63.7 Å². The van der Waals surface area contributed by atoms with Gasteiger partial charge in [0.1, 0.15) is 11.9 Å². The maximum atomic E-state index is 13.8. The van der Waals surface area contributed by atoms with E-state index >= 15 is 0 Å². The number of rotatable bonds is 2. The van der Waals surface area contributed by atoms with Crippen molar-refractivity contribution in [3.63, 3.8) is 0 Å². The number of aliphatic hydroxyl groups excluding tert-OH is 1. The van der Waals surface area contributed by atoms with Crippen molar-refractivity contribution in [2.24, 2.45) is 11.3 Å². The Morgan fingerprint density at radius 1 is 1.03 bits per heavy atom. The van der Waals surface area contributed by atoms with E-state index in [1.54, 1.807) is 12.1 Å².